The lowest BCUT2D eigenvalue weighted by atomic mass is 10.1. The van der Waals surface area contributed by atoms with Crippen molar-refractivity contribution in [3.63, 3.8) is 0 Å². The Morgan fingerprint density at radius 1 is 1.62 bits per heavy atom. The molecule has 0 heterocycles. The molecule has 0 aliphatic carbocycles. The lowest BCUT2D eigenvalue weighted by molar-refractivity contribution is 0.453. The smallest absolute Gasteiger partial charge is 0.504 e. The van der Waals surface area contributed by atoms with E-state index in [9.17, 15) is 0 Å². The second kappa shape index (κ2) is 4.89. The summed E-state index contributed by atoms with van der Waals surface area (Å²) in [6.07, 6.45) is 0.492. The van der Waals surface area contributed by atoms with Gasteiger partial charge in [0, 0.05) is 7.39 Å². The van der Waals surface area contributed by atoms with Crippen LogP contribution in [0.4, 0.5) is 0 Å². The second-order valence-electron chi connectivity index (χ2n) is 2.94. The van der Waals surface area contributed by atoms with Gasteiger partial charge in [-0.1, -0.05) is 12.1 Å². The standard InChI is InChI=1S/C9H14BNO2/c1-7(11)6-8-2-4-9(5-3-8)13-10-12/h2-5,7,10,12H,6,11H2,1H3/t7-/m1/s1/i7D. The highest BCUT2D eigenvalue weighted by atomic mass is 16.5. The summed E-state index contributed by atoms with van der Waals surface area (Å²) in [6.45, 7) is 1.66. The Morgan fingerprint density at radius 2 is 2.23 bits per heavy atom. The highest BCUT2D eigenvalue weighted by Gasteiger charge is 1.98. The van der Waals surface area contributed by atoms with Crippen LogP contribution in [0.1, 0.15) is 13.9 Å². The maximum Gasteiger partial charge on any atom is 0.504 e. The number of hydrogen-bond donors (Lipinski definition) is 2. The molecule has 3 nitrogen and oxygen atoms in total. The maximum absolute atomic E-state index is 8.50. The van der Waals surface area contributed by atoms with E-state index in [1.165, 1.54) is 0 Å². The van der Waals surface area contributed by atoms with Crippen molar-refractivity contribution in [1.82, 2.24) is 0 Å². The Bertz CT molecular complexity index is 284. The SMILES string of the molecule is [2H][C@](C)(N)Cc1ccc(OBO)cc1. The number of nitrogens with two attached hydrogens (primary N) is 1. The van der Waals surface area contributed by atoms with E-state index in [1.54, 1.807) is 19.1 Å². The van der Waals surface area contributed by atoms with E-state index >= 15 is 0 Å². The predicted octanol–water partition coefficient (Wildman–Crippen LogP) is 0.214. The first kappa shape index (κ1) is 8.60. The van der Waals surface area contributed by atoms with Gasteiger partial charge in [0.05, 0.1) is 0 Å². The zero-order valence-electron chi connectivity index (χ0n) is 8.66. The molecule has 0 saturated carbocycles. The molecule has 0 fully saturated rings. The topological polar surface area (TPSA) is 55.5 Å². The lowest BCUT2D eigenvalue weighted by Gasteiger charge is -2.06. The molecular formula is C9H14BNO2. The van der Waals surface area contributed by atoms with Gasteiger partial charge in [-0.15, -0.1) is 0 Å². The van der Waals surface area contributed by atoms with Crippen molar-refractivity contribution >= 4 is 7.69 Å². The zero-order valence-corrected chi connectivity index (χ0v) is 7.66. The lowest BCUT2D eigenvalue weighted by Crippen LogP contribution is -2.17. The molecule has 0 saturated heterocycles. The highest BCUT2D eigenvalue weighted by Crippen LogP contribution is 2.12. The molecule has 0 bridgehead atoms. The Labute approximate surface area is 80.2 Å². The summed E-state index contributed by atoms with van der Waals surface area (Å²) in [7, 11) is -0.327. The van der Waals surface area contributed by atoms with Crippen LogP contribution in [0.5, 0.6) is 5.75 Å². The monoisotopic (exact) mass is 180 g/mol. The maximum atomic E-state index is 8.50. The van der Waals surface area contributed by atoms with E-state index in [1.807, 2.05) is 12.1 Å². The van der Waals surface area contributed by atoms with Gasteiger partial charge in [0.2, 0.25) is 0 Å². The molecule has 0 radical (unpaired) electrons. The predicted molar refractivity (Wildman–Crippen MR) is 53.8 cm³/mol. The Balaban J connectivity index is 2.64. The Kier molecular flexibility index (Phi) is 3.24. The molecule has 0 amide bonds. The number of rotatable bonds is 4. The zero-order chi connectivity index (χ0) is 10.6. The molecule has 1 atom stereocenters. The molecule has 0 unspecified atom stereocenters. The van der Waals surface area contributed by atoms with Crippen LogP contribution in [-0.4, -0.2) is 18.7 Å². The van der Waals surface area contributed by atoms with E-state index < -0.39 is 6.02 Å². The van der Waals surface area contributed by atoms with Crippen LogP contribution >= 0.6 is 0 Å². The van der Waals surface area contributed by atoms with E-state index in [0.29, 0.717) is 12.2 Å². The van der Waals surface area contributed by atoms with Gasteiger partial charge in [0.15, 0.2) is 0 Å². The molecule has 3 N–H and O–H groups in total. The van der Waals surface area contributed by atoms with Crippen molar-refractivity contribution in [3.05, 3.63) is 29.8 Å². The third-order valence-electron chi connectivity index (χ3n) is 1.64. The van der Waals surface area contributed by atoms with Crippen molar-refractivity contribution in [3.8, 4) is 5.75 Å². The second-order valence-corrected chi connectivity index (χ2v) is 2.94. The largest absolute Gasteiger partial charge is 0.539 e. The summed E-state index contributed by atoms with van der Waals surface area (Å²) >= 11 is 0. The number of benzene rings is 1. The van der Waals surface area contributed by atoms with E-state index in [2.05, 4.69) is 0 Å². The molecule has 0 aliphatic heterocycles. The van der Waals surface area contributed by atoms with Gasteiger partial charge in [0.1, 0.15) is 5.75 Å². The van der Waals surface area contributed by atoms with Crippen LogP contribution in [-0.2, 0) is 6.42 Å². The molecule has 1 aromatic carbocycles. The summed E-state index contributed by atoms with van der Waals surface area (Å²) in [5, 5.41) is 8.50. The van der Waals surface area contributed by atoms with Crippen LogP contribution < -0.4 is 10.4 Å². The normalized spacial score (nSPS) is 15.8. The van der Waals surface area contributed by atoms with Crippen LogP contribution in [0.15, 0.2) is 24.3 Å². The summed E-state index contributed by atoms with van der Waals surface area (Å²) in [5.41, 5.74) is 6.54. The quantitative estimate of drug-likeness (QED) is 0.651. The fourth-order valence-electron chi connectivity index (χ4n) is 1.10. The minimum absolute atomic E-state index is 0.327. The third-order valence-corrected chi connectivity index (χ3v) is 1.64. The van der Waals surface area contributed by atoms with Gasteiger partial charge in [-0.3, -0.25) is 0 Å². The molecule has 13 heavy (non-hydrogen) atoms. The molecule has 0 aliphatic rings. The summed E-state index contributed by atoms with van der Waals surface area (Å²) < 4.78 is 12.4. The van der Waals surface area contributed by atoms with Gasteiger partial charge in [0.25, 0.3) is 0 Å². The van der Waals surface area contributed by atoms with Gasteiger partial charge >= 0.3 is 7.69 Å². The van der Waals surface area contributed by atoms with Crippen molar-refractivity contribution in [2.75, 3.05) is 0 Å². The van der Waals surface area contributed by atoms with Gasteiger partial charge in [-0.2, -0.15) is 0 Å². The van der Waals surface area contributed by atoms with Gasteiger partial charge < -0.3 is 15.4 Å². The van der Waals surface area contributed by atoms with Crippen molar-refractivity contribution < 1.29 is 11.0 Å². The van der Waals surface area contributed by atoms with Crippen molar-refractivity contribution in [2.24, 2.45) is 5.73 Å². The molecule has 1 rings (SSSR count). The Hall–Kier alpha value is -0.995. The van der Waals surface area contributed by atoms with Gasteiger partial charge in [-0.05, 0) is 31.0 Å². The van der Waals surface area contributed by atoms with Crippen molar-refractivity contribution in [2.45, 2.75) is 19.4 Å². The molecular weight excluding hydrogens is 165 g/mol. The summed E-state index contributed by atoms with van der Waals surface area (Å²) in [6, 6.07) is 6.23. The average molecular weight is 180 g/mol. The van der Waals surface area contributed by atoms with Crippen LogP contribution in [0.25, 0.3) is 0 Å². The fraction of sp³-hybridized carbons (Fsp3) is 0.333. The summed E-state index contributed by atoms with van der Waals surface area (Å²) in [5.74, 6) is 0.611. The average Bonchev–Trinajstić information content (AvgIpc) is 2.06. The van der Waals surface area contributed by atoms with Crippen molar-refractivity contribution in [1.29, 1.82) is 0 Å². The highest BCUT2D eigenvalue weighted by molar-refractivity contribution is 6.17. The molecule has 70 valence electrons. The molecule has 0 aromatic heterocycles. The first-order chi connectivity index (χ1) is 6.51. The Morgan fingerprint density at radius 3 is 2.69 bits per heavy atom. The van der Waals surface area contributed by atoms with E-state index in [-0.39, 0.29) is 7.69 Å². The van der Waals surface area contributed by atoms with E-state index in [4.69, 9.17) is 16.8 Å². The van der Waals surface area contributed by atoms with Crippen LogP contribution in [0, 0.1) is 0 Å². The molecule has 1 aromatic rings. The number of hydrogen-bond acceptors (Lipinski definition) is 3. The van der Waals surface area contributed by atoms with Crippen LogP contribution in [0.3, 0.4) is 0 Å². The van der Waals surface area contributed by atoms with Gasteiger partial charge in [-0.25, -0.2) is 0 Å². The first-order valence-electron chi connectivity index (χ1n) is 4.63. The minimum Gasteiger partial charge on any atom is -0.539 e. The molecule has 4 heteroatoms. The third kappa shape index (κ3) is 3.48. The minimum atomic E-state index is -0.945. The fourth-order valence-corrected chi connectivity index (χ4v) is 1.10. The molecule has 0 spiro atoms. The summed E-state index contributed by atoms with van der Waals surface area (Å²) in [4.78, 5) is 0. The first-order valence-corrected chi connectivity index (χ1v) is 4.13. The van der Waals surface area contributed by atoms with E-state index in [0.717, 1.165) is 5.56 Å². The van der Waals surface area contributed by atoms with Crippen LogP contribution in [0.2, 0.25) is 0 Å².